The number of rotatable bonds is 3. The lowest BCUT2D eigenvalue weighted by Crippen LogP contribution is -1.94. The van der Waals surface area contributed by atoms with Gasteiger partial charge in [-0.05, 0) is 24.3 Å². The van der Waals surface area contributed by atoms with Crippen molar-refractivity contribution in [2.75, 3.05) is 0 Å². The average molecular weight is 287 g/mol. The molecule has 0 aliphatic heterocycles. The lowest BCUT2D eigenvalue weighted by molar-refractivity contribution is 0.275. The standard InChI is InChI=1S/C15H11ClN2O2/c16-12-5-6-15(18-14(12)9-19)20-11-4-3-10-2-1-7-17-13(10)8-11/h1-8,19H,9H2. The maximum absolute atomic E-state index is 9.14. The molecule has 0 bridgehead atoms. The summed E-state index contributed by atoms with van der Waals surface area (Å²) in [6, 6.07) is 12.8. The van der Waals surface area contributed by atoms with Crippen LogP contribution in [0.5, 0.6) is 11.6 Å². The molecule has 0 spiro atoms. The molecule has 0 radical (unpaired) electrons. The first-order valence-electron chi connectivity index (χ1n) is 6.05. The van der Waals surface area contributed by atoms with Crippen LogP contribution in [0.2, 0.25) is 5.02 Å². The maximum Gasteiger partial charge on any atom is 0.219 e. The molecule has 0 atom stereocenters. The van der Waals surface area contributed by atoms with Crippen molar-refractivity contribution in [3.8, 4) is 11.6 Å². The fourth-order valence-corrected chi connectivity index (χ4v) is 2.03. The third-order valence-corrected chi connectivity index (χ3v) is 3.19. The summed E-state index contributed by atoms with van der Waals surface area (Å²) in [7, 11) is 0. The molecule has 2 aromatic heterocycles. The molecule has 3 rings (SSSR count). The number of aliphatic hydroxyl groups excluding tert-OH is 1. The number of ether oxygens (including phenoxy) is 1. The van der Waals surface area contributed by atoms with Crippen LogP contribution in [0.25, 0.3) is 10.9 Å². The fourth-order valence-electron chi connectivity index (χ4n) is 1.86. The Morgan fingerprint density at radius 2 is 2.05 bits per heavy atom. The molecule has 5 heteroatoms. The zero-order valence-corrected chi connectivity index (χ0v) is 11.2. The molecular weight excluding hydrogens is 276 g/mol. The lowest BCUT2D eigenvalue weighted by Gasteiger charge is -2.07. The molecular formula is C15H11ClN2O2. The van der Waals surface area contributed by atoms with Crippen molar-refractivity contribution in [2.24, 2.45) is 0 Å². The summed E-state index contributed by atoms with van der Waals surface area (Å²) in [6.07, 6.45) is 1.73. The Kier molecular flexibility index (Phi) is 3.50. The highest BCUT2D eigenvalue weighted by Gasteiger charge is 2.05. The monoisotopic (exact) mass is 286 g/mol. The molecule has 0 aliphatic carbocycles. The van der Waals surface area contributed by atoms with Crippen LogP contribution < -0.4 is 4.74 Å². The number of aliphatic hydroxyl groups is 1. The van der Waals surface area contributed by atoms with Gasteiger partial charge < -0.3 is 9.84 Å². The topological polar surface area (TPSA) is 55.2 Å². The van der Waals surface area contributed by atoms with Crippen LogP contribution >= 0.6 is 11.6 Å². The van der Waals surface area contributed by atoms with E-state index in [9.17, 15) is 0 Å². The van der Waals surface area contributed by atoms with Crippen LogP contribution in [0.4, 0.5) is 0 Å². The largest absolute Gasteiger partial charge is 0.439 e. The van der Waals surface area contributed by atoms with Crippen molar-refractivity contribution in [2.45, 2.75) is 6.61 Å². The number of aromatic nitrogens is 2. The Hall–Kier alpha value is -2.17. The number of nitrogens with zero attached hydrogens (tertiary/aromatic N) is 2. The Morgan fingerprint density at radius 1 is 1.15 bits per heavy atom. The minimum atomic E-state index is -0.227. The number of pyridine rings is 2. The number of fused-ring (bicyclic) bond motifs is 1. The van der Waals surface area contributed by atoms with Crippen LogP contribution in [-0.2, 0) is 6.61 Å². The Bertz CT molecular complexity index is 762. The molecule has 0 aliphatic rings. The predicted octanol–water partition coefficient (Wildman–Crippen LogP) is 3.57. The Morgan fingerprint density at radius 3 is 2.90 bits per heavy atom. The van der Waals surface area contributed by atoms with Gasteiger partial charge in [0.25, 0.3) is 0 Å². The van der Waals surface area contributed by atoms with Crippen molar-refractivity contribution in [3.05, 3.63) is 59.4 Å². The Balaban J connectivity index is 1.92. The fraction of sp³-hybridized carbons (Fsp3) is 0.0667. The minimum absolute atomic E-state index is 0.227. The maximum atomic E-state index is 9.14. The van der Waals surface area contributed by atoms with E-state index < -0.39 is 0 Å². The van der Waals surface area contributed by atoms with Crippen molar-refractivity contribution < 1.29 is 9.84 Å². The van der Waals surface area contributed by atoms with Gasteiger partial charge in [-0.3, -0.25) is 4.98 Å². The summed E-state index contributed by atoms with van der Waals surface area (Å²) in [5, 5.41) is 10.6. The van der Waals surface area contributed by atoms with Crippen molar-refractivity contribution in [3.63, 3.8) is 0 Å². The van der Waals surface area contributed by atoms with Gasteiger partial charge in [0.15, 0.2) is 0 Å². The lowest BCUT2D eigenvalue weighted by atomic mass is 10.2. The highest BCUT2D eigenvalue weighted by Crippen LogP contribution is 2.25. The summed E-state index contributed by atoms with van der Waals surface area (Å²) in [6.45, 7) is -0.227. The van der Waals surface area contributed by atoms with E-state index in [2.05, 4.69) is 9.97 Å². The molecule has 100 valence electrons. The first-order chi connectivity index (χ1) is 9.76. The smallest absolute Gasteiger partial charge is 0.219 e. The molecule has 20 heavy (non-hydrogen) atoms. The second kappa shape index (κ2) is 5.45. The Labute approximate surface area is 120 Å². The van der Waals surface area contributed by atoms with Crippen LogP contribution in [0.15, 0.2) is 48.7 Å². The first-order valence-corrected chi connectivity index (χ1v) is 6.43. The van der Waals surface area contributed by atoms with Gasteiger partial charge in [-0.15, -0.1) is 0 Å². The second-order valence-corrected chi connectivity index (χ2v) is 4.60. The molecule has 0 fully saturated rings. The molecule has 0 unspecified atom stereocenters. The SMILES string of the molecule is OCc1nc(Oc2ccc3cccnc3c2)ccc1Cl. The minimum Gasteiger partial charge on any atom is -0.439 e. The predicted molar refractivity (Wildman–Crippen MR) is 77.0 cm³/mol. The quantitative estimate of drug-likeness (QED) is 0.800. The number of halogens is 1. The molecule has 1 aromatic carbocycles. The molecule has 4 nitrogen and oxygen atoms in total. The molecule has 1 N–H and O–H groups in total. The van der Waals surface area contributed by atoms with E-state index in [1.165, 1.54) is 0 Å². The van der Waals surface area contributed by atoms with Gasteiger partial charge in [-0.25, -0.2) is 4.98 Å². The second-order valence-electron chi connectivity index (χ2n) is 4.20. The summed E-state index contributed by atoms with van der Waals surface area (Å²) in [5.41, 5.74) is 1.24. The van der Waals surface area contributed by atoms with E-state index in [1.54, 1.807) is 18.3 Å². The molecule has 0 saturated heterocycles. The highest BCUT2D eigenvalue weighted by atomic mass is 35.5. The highest BCUT2D eigenvalue weighted by molar-refractivity contribution is 6.31. The number of hydrogen-bond acceptors (Lipinski definition) is 4. The number of hydrogen-bond donors (Lipinski definition) is 1. The van der Waals surface area contributed by atoms with E-state index in [4.69, 9.17) is 21.4 Å². The average Bonchev–Trinajstić information content (AvgIpc) is 2.49. The summed E-state index contributed by atoms with van der Waals surface area (Å²) < 4.78 is 5.66. The molecule has 0 saturated carbocycles. The van der Waals surface area contributed by atoms with Crippen LogP contribution in [0, 0.1) is 0 Å². The first kappa shape index (κ1) is 12.8. The van der Waals surface area contributed by atoms with E-state index in [0.717, 1.165) is 10.9 Å². The van der Waals surface area contributed by atoms with Gasteiger partial charge in [0.05, 0.1) is 22.8 Å². The van der Waals surface area contributed by atoms with Gasteiger partial charge in [0.1, 0.15) is 5.75 Å². The summed E-state index contributed by atoms with van der Waals surface area (Å²) in [5.74, 6) is 1.02. The van der Waals surface area contributed by atoms with Crippen LogP contribution in [-0.4, -0.2) is 15.1 Å². The van der Waals surface area contributed by atoms with Gasteiger partial charge in [-0.2, -0.15) is 0 Å². The summed E-state index contributed by atoms with van der Waals surface area (Å²) >= 11 is 5.89. The zero-order chi connectivity index (χ0) is 13.9. The van der Waals surface area contributed by atoms with Gasteiger partial charge in [0, 0.05) is 23.7 Å². The third-order valence-electron chi connectivity index (χ3n) is 2.84. The number of benzene rings is 1. The van der Waals surface area contributed by atoms with Crippen molar-refractivity contribution in [1.82, 2.24) is 9.97 Å². The molecule has 0 amide bonds. The normalized spacial score (nSPS) is 10.7. The zero-order valence-electron chi connectivity index (χ0n) is 10.5. The van der Waals surface area contributed by atoms with E-state index in [0.29, 0.717) is 22.3 Å². The summed E-state index contributed by atoms with van der Waals surface area (Å²) in [4.78, 5) is 8.41. The van der Waals surface area contributed by atoms with Crippen LogP contribution in [0.3, 0.4) is 0 Å². The van der Waals surface area contributed by atoms with E-state index in [1.807, 2.05) is 30.3 Å². The molecule has 2 heterocycles. The van der Waals surface area contributed by atoms with Gasteiger partial charge >= 0.3 is 0 Å². The van der Waals surface area contributed by atoms with E-state index in [-0.39, 0.29) is 6.61 Å². The van der Waals surface area contributed by atoms with E-state index >= 15 is 0 Å². The van der Waals surface area contributed by atoms with Gasteiger partial charge in [0.2, 0.25) is 5.88 Å². The molecule has 3 aromatic rings. The third kappa shape index (κ3) is 2.57. The van der Waals surface area contributed by atoms with Crippen molar-refractivity contribution in [1.29, 1.82) is 0 Å². The van der Waals surface area contributed by atoms with Gasteiger partial charge in [-0.1, -0.05) is 17.7 Å². The van der Waals surface area contributed by atoms with Crippen molar-refractivity contribution >= 4 is 22.5 Å². The van der Waals surface area contributed by atoms with Crippen LogP contribution in [0.1, 0.15) is 5.69 Å².